The Bertz CT molecular complexity index is 648. The molecule has 0 bridgehead atoms. The topological polar surface area (TPSA) is 47.4 Å². The van der Waals surface area contributed by atoms with Crippen molar-refractivity contribution >= 4 is 5.97 Å². The number of nitrogens with zero attached hydrogens (tertiary/aromatic N) is 3. The third kappa shape index (κ3) is 2.10. The summed E-state index contributed by atoms with van der Waals surface area (Å²) >= 11 is 0. The lowest BCUT2D eigenvalue weighted by atomic mass is 10.2. The molecule has 1 aliphatic rings. The van der Waals surface area contributed by atoms with Gasteiger partial charge in [-0.1, -0.05) is 18.2 Å². The fourth-order valence-corrected chi connectivity index (χ4v) is 2.58. The van der Waals surface area contributed by atoms with Crippen LogP contribution in [-0.4, -0.2) is 34.1 Å². The van der Waals surface area contributed by atoms with Crippen LogP contribution in [0.4, 0.5) is 0 Å². The number of hydrogen-bond acceptors (Lipinski definition) is 4. The van der Waals surface area contributed by atoms with Gasteiger partial charge in [-0.15, -0.1) is 0 Å². The second-order valence-electron chi connectivity index (χ2n) is 4.93. The number of carbonyl (C=O) groups excluding carboxylic acids is 1. The number of rotatable bonds is 2. The van der Waals surface area contributed by atoms with Crippen LogP contribution in [0.25, 0.3) is 5.69 Å². The first kappa shape index (κ1) is 12.9. The van der Waals surface area contributed by atoms with E-state index in [1.807, 2.05) is 23.7 Å². The van der Waals surface area contributed by atoms with Crippen molar-refractivity contribution in [3.63, 3.8) is 0 Å². The number of ether oxygens (including phenoxy) is 1. The van der Waals surface area contributed by atoms with Gasteiger partial charge in [-0.05, 0) is 25.6 Å². The van der Waals surface area contributed by atoms with Crippen LogP contribution >= 0.6 is 0 Å². The molecule has 0 aliphatic carbocycles. The molecule has 0 atom stereocenters. The van der Waals surface area contributed by atoms with Crippen LogP contribution in [-0.2, 0) is 17.8 Å². The maximum atomic E-state index is 12.0. The van der Waals surface area contributed by atoms with E-state index in [0.717, 1.165) is 17.9 Å². The molecule has 1 aliphatic heterocycles. The Kier molecular flexibility index (Phi) is 3.28. The van der Waals surface area contributed by atoms with E-state index in [2.05, 4.69) is 22.0 Å². The van der Waals surface area contributed by atoms with Gasteiger partial charge in [0.25, 0.3) is 0 Å². The molecule has 0 saturated heterocycles. The molecule has 0 saturated carbocycles. The van der Waals surface area contributed by atoms with Crippen molar-refractivity contribution in [3.8, 4) is 5.69 Å². The minimum absolute atomic E-state index is 0.353. The zero-order valence-electron chi connectivity index (χ0n) is 11.7. The number of benzene rings is 1. The Hall–Kier alpha value is -2.14. The van der Waals surface area contributed by atoms with Gasteiger partial charge < -0.3 is 9.30 Å². The number of para-hydroxylation sites is 1. The first-order valence-electron chi connectivity index (χ1n) is 6.71. The lowest BCUT2D eigenvalue weighted by molar-refractivity contribution is 0.0517. The van der Waals surface area contributed by atoms with Crippen LogP contribution in [0.2, 0.25) is 0 Å². The van der Waals surface area contributed by atoms with Gasteiger partial charge in [0, 0.05) is 13.1 Å². The Labute approximate surface area is 117 Å². The molecule has 104 valence electrons. The lowest BCUT2D eigenvalue weighted by Gasteiger charge is -2.13. The Balaban J connectivity index is 2.13. The average molecular weight is 271 g/mol. The first-order valence-corrected chi connectivity index (χ1v) is 6.71. The van der Waals surface area contributed by atoms with E-state index in [9.17, 15) is 4.79 Å². The molecule has 0 unspecified atom stereocenters. The Morgan fingerprint density at radius 2 is 2.15 bits per heavy atom. The van der Waals surface area contributed by atoms with Gasteiger partial charge in [0.2, 0.25) is 0 Å². The van der Waals surface area contributed by atoms with Crippen molar-refractivity contribution in [3.05, 3.63) is 47.5 Å². The fourth-order valence-electron chi connectivity index (χ4n) is 2.58. The molecular formula is C15H17N3O2. The van der Waals surface area contributed by atoms with Crippen LogP contribution < -0.4 is 0 Å². The van der Waals surface area contributed by atoms with Gasteiger partial charge in [-0.25, -0.2) is 9.78 Å². The van der Waals surface area contributed by atoms with Crippen LogP contribution in [0.5, 0.6) is 0 Å². The highest BCUT2D eigenvalue weighted by Crippen LogP contribution is 2.25. The number of fused-ring (bicyclic) bond motifs is 3. The Morgan fingerprint density at radius 1 is 1.35 bits per heavy atom. The largest absolute Gasteiger partial charge is 0.461 e. The van der Waals surface area contributed by atoms with Crippen molar-refractivity contribution in [2.45, 2.75) is 20.0 Å². The van der Waals surface area contributed by atoms with Crippen molar-refractivity contribution in [1.82, 2.24) is 14.5 Å². The smallest absolute Gasteiger partial charge is 0.358 e. The second-order valence-corrected chi connectivity index (χ2v) is 4.93. The maximum Gasteiger partial charge on any atom is 0.358 e. The van der Waals surface area contributed by atoms with E-state index < -0.39 is 0 Å². The van der Waals surface area contributed by atoms with Gasteiger partial charge in [-0.3, -0.25) is 4.90 Å². The summed E-state index contributed by atoms with van der Waals surface area (Å²) in [7, 11) is 2.04. The van der Waals surface area contributed by atoms with Gasteiger partial charge in [-0.2, -0.15) is 0 Å². The summed E-state index contributed by atoms with van der Waals surface area (Å²) in [5.74, 6) is -0.353. The SMILES string of the molecule is CCOC(=O)c1ncn2c1CN(C)Cc1ccccc1-2. The maximum absolute atomic E-state index is 12.0. The molecule has 0 N–H and O–H groups in total. The van der Waals surface area contributed by atoms with Crippen molar-refractivity contribution < 1.29 is 9.53 Å². The number of carbonyl (C=O) groups is 1. The summed E-state index contributed by atoms with van der Waals surface area (Å²) in [5, 5.41) is 0. The van der Waals surface area contributed by atoms with Crippen molar-refractivity contribution in [1.29, 1.82) is 0 Å². The van der Waals surface area contributed by atoms with E-state index in [4.69, 9.17) is 4.74 Å². The molecule has 0 amide bonds. The number of esters is 1. The minimum Gasteiger partial charge on any atom is -0.461 e. The quantitative estimate of drug-likeness (QED) is 0.784. The molecule has 1 aromatic carbocycles. The molecule has 5 nitrogen and oxygen atoms in total. The molecule has 1 aromatic heterocycles. The summed E-state index contributed by atoms with van der Waals surface area (Å²) in [4.78, 5) is 18.4. The zero-order chi connectivity index (χ0) is 14.1. The Morgan fingerprint density at radius 3 is 2.95 bits per heavy atom. The van der Waals surface area contributed by atoms with Crippen LogP contribution in [0.3, 0.4) is 0 Å². The number of imidazole rings is 1. The van der Waals surface area contributed by atoms with Gasteiger partial charge in [0.05, 0.1) is 18.0 Å². The van der Waals surface area contributed by atoms with E-state index in [1.165, 1.54) is 5.56 Å². The highest BCUT2D eigenvalue weighted by Gasteiger charge is 2.24. The summed E-state index contributed by atoms with van der Waals surface area (Å²) < 4.78 is 7.07. The molecule has 5 heteroatoms. The predicted molar refractivity (Wildman–Crippen MR) is 74.7 cm³/mol. The van der Waals surface area contributed by atoms with E-state index in [1.54, 1.807) is 13.3 Å². The second kappa shape index (κ2) is 5.09. The van der Waals surface area contributed by atoms with Crippen molar-refractivity contribution in [2.75, 3.05) is 13.7 Å². The van der Waals surface area contributed by atoms with Gasteiger partial charge >= 0.3 is 5.97 Å². The third-order valence-corrected chi connectivity index (χ3v) is 3.45. The summed E-state index contributed by atoms with van der Waals surface area (Å²) in [6.07, 6.45) is 1.71. The molecule has 20 heavy (non-hydrogen) atoms. The van der Waals surface area contributed by atoms with E-state index in [-0.39, 0.29) is 5.97 Å². The third-order valence-electron chi connectivity index (χ3n) is 3.45. The van der Waals surface area contributed by atoms with Gasteiger partial charge in [0.15, 0.2) is 5.69 Å². The molecule has 0 fully saturated rings. The molecule has 0 spiro atoms. The zero-order valence-corrected chi connectivity index (χ0v) is 11.7. The number of aromatic nitrogens is 2. The molecular weight excluding hydrogens is 254 g/mol. The average Bonchev–Trinajstić information content (AvgIpc) is 2.77. The van der Waals surface area contributed by atoms with Crippen LogP contribution in [0.15, 0.2) is 30.6 Å². The molecule has 0 radical (unpaired) electrons. The first-order chi connectivity index (χ1) is 9.70. The summed E-state index contributed by atoms with van der Waals surface area (Å²) in [6.45, 7) is 3.68. The van der Waals surface area contributed by atoms with E-state index >= 15 is 0 Å². The fraction of sp³-hybridized carbons (Fsp3) is 0.333. The van der Waals surface area contributed by atoms with Crippen LogP contribution in [0.1, 0.15) is 28.7 Å². The minimum atomic E-state index is -0.353. The monoisotopic (exact) mass is 271 g/mol. The summed E-state index contributed by atoms with van der Waals surface area (Å²) in [5.41, 5.74) is 3.60. The summed E-state index contributed by atoms with van der Waals surface area (Å²) in [6, 6.07) is 8.18. The van der Waals surface area contributed by atoms with Crippen molar-refractivity contribution in [2.24, 2.45) is 0 Å². The molecule has 2 aromatic rings. The highest BCUT2D eigenvalue weighted by atomic mass is 16.5. The van der Waals surface area contributed by atoms with Gasteiger partial charge in [0.1, 0.15) is 6.33 Å². The normalized spacial score (nSPS) is 14.3. The van der Waals surface area contributed by atoms with E-state index in [0.29, 0.717) is 18.8 Å². The number of hydrogen-bond donors (Lipinski definition) is 0. The molecule has 3 rings (SSSR count). The predicted octanol–water partition coefficient (Wildman–Crippen LogP) is 1.99. The lowest BCUT2D eigenvalue weighted by Crippen LogP contribution is -2.18. The highest BCUT2D eigenvalue weighted by molar-refractivity contribution is 5.88. The van der Waals surface area contributed by atoms with Crippen LogP contribution in [0, 0.1) is 0 Å². The molecule has 2 heterocycles. The standard InChI is InChI=1S/C15H17N3O2/c1-3-20-15(19)14-13-9-17(2)8-11-6-4-5-7-12(11)18(13)10-16-14/h4-7,10H,3,8-9H2,1-2H3.